The molecule has 0 fully saturated rings. The van der Waals surface area contributed by atoms with E-state index in [1.54, 1.807) is 35.9 Å². The number of rotatable bonds is 8. The van der Waals surface area contributed by atoms with E-state index in [9.17, 15) is 8.42 Å². The fraction of sp³-hybridized carbons (Fsp3) is 0.500. The van der Waals surface area contributed by atoms with Crippen LogP contribution in [0.1, 0.15) is 25.2 Å². The van der Waals surface area contributed by atoms with Gasteiger partial charge in [-0.25, -0.2) is 8.42 Å². The van der Waals surface area contributed by atoms with Gasteiger partial charge in [0, 0.05) is 13.0 Å². The van der Waals surface area contributed by atoms with Gasteiger partial charge in [0.15, 0.2) is 0 Å². The van der Waals surface area contributed by atoms with Crippen molar-refractivity contribution in [3.8, 4) is 5.75 Å². The highest BCUT2D eigenvalue weighted by Gasteiger charge is 2.25. The molecule has 8 heteroatoms. The Hall–Kier alpha value is -1.93. The van der Waals surface area contributed by atoms with Gasteiger partial charge in [-0.15, -0.1) is 10.2 Å². The van der Waals surface area contributed by atoms with Gasteiger partial charge in [-0.3, -0.25) is 0 Å². The lowest BCUT2D eigenvalue weighted by Crippen LogP contribution is -2.18. The van der Waals surface area contributed by atoms with Crippen LogP contribution in [0.3, 0.4) is 0 Å². The van der Waals surface area contributed by atoms with Gasteiger partial charge in [0.2, 0.25) is 15.0 Å². The molecule has 1 aromatic heterocycles. The van der Waals surface area contributed by atoms with Crippen molar-refractivity contribution in [1.29, 1.82) is 0 Å². The maximum Gasteiger partial charge on any atom is 0.250 e. The fourth-order valence-electron chi connectivity index (χ4n) is 2.46. The molecule has 0 saturated heterocycles. The summed E-state index contributed by atoms with van der Waals surface area (Å²) in [6.07, 6.45) is 0.494. The number of sulfone groups is 1. The standard InChI is InChI=1S/C16H24N4O3S/c1-12(2)10-20-15(7-8-17)18-19-16(20)24(21,22)11-13-5-4-6-14(9-13)23-3/h4-6,9,12H,7-8,10-11,17H2,1-3H3. The predicted molar refractivity (Wildman–Crippen MR) is 91.5 cm³/mol. The van der Waals surface area contributed by atoms with Crippen molar-refractivity contribution >= 4 is 9.84 Å². The van der Waals surface area contributed by atoms with Crippen LogP contribution >= 0.6 is 0 Å². The normalized spacial score (nSPS) is 11.9. The van der Waals surface area contributed by atoms with Crippen LogP contribution in [0.2, 0.25) is 0 Å². The quantitative estimate of drug-likeness (QED) is 0.771. The van der Waals surface area contributed by atoms with Crippen molar-refractivity contribution in [1.82, 2.24) is 14.8 Å². The molecule has 0 saturated carbocycles. The van der Waals surface area contributed by atoms with E-state index >= 15 is 0 Å². The van der Waals surface area contributed by atoms with Crippen LogP contribution in [-0.2, 0) is 28.6 Å². The molecule has 24 heavy (non-hydrogen) atoms. The Balaban J connectivity index is 2.37. The molecule has 132 valence electrons. The average Bonchev–Trinajstić information content (AvgIpc) is 2.90. The molecule has 1 heterocycles. The largest absolute Gasteiger partial charge is 0.497 e. The van der Waals surface area contributed by atoms with E-state index in [1.807, 2.05) is 13.8 Å². The molecule has 0 atom stereocenters. The Bertz CT molecular complexity index is 784. The summed E-state index contributed by atoms with van der Waals surface area (Å²) in [5, 5.41) is 7.97. The number of hydrogen-bond donors (Lipinski definition) is 1. The van der Waals surface area contributed by atoms with Crippen LogP contribution in [-0.4, -0.2) is 36.8 Å². The number of methoxy groups -OCH3 is 1. The van der Waals surface area contributed by atoms with Crippen molar-refractivity contribution in [2.45, 2.75) is 37.7 Å². The molecule has 2 N–H and O–H groups in total. The number of hydrogen-bond acceptors (Lipinski definition) is 6. The first-order valence-electron chi connectivity index (χ1n) is 7.85. The lowest BCUT2D eigenvalue weighted by atomic mass is 10.2. The van der Waals surface area contributed by atoms with Crippen LogP contribution in [0.15, 0.2) is 29.4 Å². The summed E-state index contributed by atoms with van der Waals surface area (Å²) in [6.45, 7) is 4.97. The maximum atomic E-state index is 12.8. The molecule has 0 spiro atoms. The summed E-state index contributed by atoms with van der Waals surface area (Å²) in [5.41, 5.74) is 6.24. The van der Waals surface area contributed by atoms with Crippen LogP contribution in [0.4, 0.5) is 0 Å². The third-order valence-electron chi connectivity index (χ3n) is 3.48. The lowest BCUT2D eigenvalue weighted by Gasteiger charge is -2.13. The summed E-state index contributed by atoms with van der Waals surface area (Å²) in [5.74, 6) is 1.34. The Labute approximate surface area is 142 Å². The Morgan fingerprint density at radius 1 is 1.29 bits per heavy atom. The average molecular weight is 352 g/mol. The smallest absolute Gasteiger partial charge is 0.250 e. The number of nitrogens with zero attached hydrogens (tertiary/aromatic N) is 3. The molecule has 0 aliphatic heterocycles. The van der Waals surface area contributed by atoms with Crippen molar-refractivity contribution < 1.29 is 13.2 Å². The molecular formula is C16H24N4O3S. The molecule has 1 aromatic carbocycles. The van der Waals surface area contributed by atoms with Crippen LogP contribution in [0, 0.1) is 5.92 Å². The van der Waals surface area contributed by atoms with Gasteiger partial charge in [-0.2, -0.15) is 0 Å². The Morgan fingerprint density at radius 3 is 2.67 bits per heavy atom. The topological polar surface area (TPSA) is 100 Å². The first-order valence-corrected chi connectivity index (χ1v) is 9.50. The molecular weight excluding hydrogens is 328 g/mol. The Kier molecular flexibility index (Phi) is 5.95. The summed E-state index contributed by atoms with van der Waals surface area (Å²) in [6, 6.07) is 7.00. The highest BCUT2D eigenvalue weighted by Crippen LogP contribution is 2.20. The minimum absolute atomic E-state index is 0.00229. The predicted octanol–water partition coefficient (Wildman–Crippen LogP) is 1.42. The lowest BCUT2D eigenvalue weighted by molar-refractivity contribution is 0.414. The third-order valence-corrected chi connectivity index (χ3v) is 5.05. The van der Waals surface area contributed by atoms with Gasteiger partial charge in [0.25, 0.3) is 0 Å². The van der Waals surface area contributed by atoms with Crippen LogP contribution < -0.4 is 10.5 Å². The molecule has 7 nitrogen and oxygen atoms in total. The first kappa shape index (κ1) is 18.4. The van der Waals surface area contributed by atoms with E-state index in [4.69, 9.17) is 10.5 Å². The first-order chi connectivity index (χ1) is 11.4. The molecule has 0 amide bonds. The highest BCUT2D eigenvalue weighted by molar-refractivity contribution is 7.90. The Morgan fingerprint density at radius 2 is 2.04 bits per heavy atom. The van der Waals surface area contributed by atoms with Gasteiger partial charge in [0.05, 0.1) is 12.9 Å². The van der Waals surface area contributed by atoms with Crippen LogP contribution in [0.25, 0.3) is 0 Å². The summed E-state index contributed by atoms with van der Waals surface area (Å²) in [4.78, 5) is 0. The minimum atomic E-state index is -3.62. The van der Waals surface area contributed by atoms with Gasteiger partial charge in [-0.05, 0) is 30.2 Å². The number of ether oxygens (including phenoxy) is 1. The second-order valence-corrected chi connectivity index (χ2v) is 7.94. The zero-order chi connectivity index (χ0) is 17.7. The molecule has 0 bridgehead atoms. The highest BCUT2D eigenvalue weighted by atomic mass is 32.2. The summed E-state index contributed by atoms with van der Waals surface area (Å²) >= 11 is 0. The second-order valence-electron chi connectivity index (χ2n) is 6.05. The second kappa shape index (κ2) is 7.76. The van der Waals surface area contributed by atoms with Crippen molar-refractivity contribution in [3.05, 3.63) is 35.7 Å². The monoisotopic (exact) mass is 352 g/mol. The van der Waals surface area contributed by atoms with Crippen molar-refractivity contribution in [3.63, 3.8) is 0 Å². The third kappa shape index (κ3) is 4.33. The van der Waals surface area contributed by atoms with E-state index in [0.29, 0.717) is 36.6 Å². The number of aromatic nitrogens is 3. The molecule has 0 unspecified atom stereocenters. The molecule has 2 rings (SSSR count). The maximum absolute atomic E-state index is 12.8. The van der Waals surface area contributed by atoms with Crippen LogP contribution in [0.5, 0.6) is 5.75 Å². The fourth-order valence-corrected chi connectivity index (χ4v) is 3.89. The van der Waals surface area contributed by atoms with Crippen molar-refractivity contribution in [2.24, 2.45) is 11.7 Å². The van der Waals surface area contributed by atoms with Gasteiger partial charge in [0.1, 0.15) is 11.6 Å². The van der Waals surface area contributed by atoms with Gasteiger partial charge < -0.3 is 15.0 Å². The van der Waals surface area contributed by atoms with Gasteiger partial charge >= 0.3 is 0 Å². The van der Waals surface area contributed by atoms with Gasteiger partial charge in [-0.1, -0.05) is 26.0 Å². The zero-order valence-corrected chi connectivity index (χ0v) is 15.1. The van der Waals surface area contributed by atoms with Crippen molar-refractivity contribution in [2.75, 3.05) is 13.7 Å². The van der Waals surface area contributed by atoms with E-state index in [0.717, 1.165) is 0 Å². The van der Waals surface area contributed by atoms with E-state index < -0.39 is 9.84 Å². The molecule has 0 aliphatic carbocycles. The molecule has 2 aromatic rings. The SMILES string of the molecule is COc1cccc(CS(=O)(=O)c2nnc(CCN)n2CC(C)C)c1. The van der Waals surface area contributed by atoms with E-state index in [1.165, 1.54) is 0 Å². The summed E-state index contributed by atoms with van der Waals surface area (Å²) < 4.78 is 32.5. The summed E-state index contributed by atoms with van der Waals surface area (Å²) in [7, 11) is -2.07. The molecule has 0 aliphatic rings. The number of nitrogens with two attached hydrogens (primary N) is 1. The minimum Gasteiger partial charge on any atom is -0.497 e. The molecule has 0 radical (unpaired) electrons. The number of benzene rings is 1. The zero-order valence-electron chi connectivity index (χ0n) is 14.3. The van der Waals surface area contributed by atoms with E-state index in [-0.39, 0.29) is 16.8 Å². The van der Waals surface area contributed by atoms with E-state index in [2.05, 4.69) is 10.2 Å².